The Morgan fingerprint density at radius 2 is 1.80 bits per heavy atom. The van der Waals surface area contributed by atoms with Crippen molar-refractivity contribution in [2.75, 3.05) is 0 Å². The van der Waals surface area contributed by atoms with Gasteiger partial charge in [-0.15, -0.1) is 0 Å². The molecule has 0 aliphatic rings. The van der Waals surface area contributed by atoms with Crippen LogP contribution in [0, 0.1) is 0 Å². The molecular formula is C13H18F3NO2S. The van der Waals surface area contributed by atoms with E-state index in [0.29, 0.717) is 18.9 Å². The first-order valence-electron chi connectivity index (χ1n) is 6.22. The first-order valence-corrected chi connectivity index (χ1v) is 7.76. The molecule has 114 valence electrons. The Bertz CT molecular complexity index is 553. The summed E-state index contributed by atoms with van der Waals surface area (Å²) in [6.45, 7) is 3.24. The van der Waals surface area contributed by atoms with E-state index in [1.165, 1.54) is 13.0 Å². The number of hydrogen-bond acceptors (Lipinski definition) is 3. The van der Waals surface area contributed by atoms with E-state index in [1.807, 2.05) is 0 Å². The molecule has 0 spiro atoms. The first-order chi connectivity index (χ1) is 9.05. The van der Waals surface area contributed by atoms with Crippen molar-refractivity contribution in [3.8, 4) is 0 Å². The molecular weight excluding hydrogens is 291 g/mol. The van der Waals surface area contributed by atoms with Crippen molar-refractivity contribution in [2.45, 2.75) is 49.1 Å². The molecule has 2 unspecified atom stereocenters. The lowest BCUT2D eigenvalue weighted by molar-refractivity contribution is -0.137. The molecule has 1 rings (SSSR count). The number of nitrogens with two attached hydrogens (primary N) is 1. The van der Waals surface area contributed by atoms with Gasteiger partial charge in [0.25, 0.3) is 0 Å². The molecule has 2 N–H and O–H groups in total. The van der Waals surface area contributed by atoms with Crippen LogP contribution in [-0.4, -0.2) is 19.7 Å². The summed E-state index contributed by atoms with van der Waals surface area (Å²) in [7, 11) is -3.77. The molecule has 0 saturated heterocycles. The highest BCUT2D eigenvalue weighted by molar-refractivity contribution is 7.92. The first kappa shape index (κ1) is 17.0. The Balaban J connectivity index is 3.04. The zero-order valence-electron chi connectivity index (χ0n) is 11.3. The zero-order valence-corrected chi connectivity index (χ0v) is 12.1. The summed E-state index contributed by atoms with van der Waals surface area (Å²) in [6.07, 6.45) is -3.74. The maximum Gasteiger partial charge on any atom is 0.416 e. The molecule has 3 nitrogen and oxygen atoms in total. The van der Waals surface area contributed by atoms with Crippen LogP contribution in [0.15, 0.2) is 29.2 Å². The molecule has 0 fully saturated rings. The lowest BCUT2D eigenvalue weighted by atomic mass is 10.1. The van der Waals surface area contributed by atoms with Crippen LogP contribution < -0.4 is 5.73 Å². The second-order valence-corrected chi connectivity index (χ2v) is 7.30. The van der Waals surface area contributed by atoms with E-state index in [4.69, 9.17) is 5.73 Å². The Morgan fingerprint density at radius 1 is 1.20 bits per heavy atom. The summed E-state index contributed by atoms with van der Waals surface area (Å²) < 4.78 is 62.2. The predicted molar refractivity (Wildman–Crippen MR) is 71.0 cm³/mol. The second kappa shape index (κ2) is 6.13. The summed E-state index contributed by atoms with van der Waals surface area (Å²) >= 11 is 0. The number of benzene rings is 1. The summed E-state index contributed by atoms with van der Waals surface area (Å²) in [5, 5.41) is -0.767. The average molecular weight is 309 g/mol. The second-order valence-electron chi connectivity index (χ2n) is 4.94. The Kier molecular flexibility index (Phi) is 5.21. The zero-order chi connectivity index (χ0) is 15.6. The van der Waals surface area contributed by atoms with Crippen LogP contribution in [0.3, 0.4) is 0 Å². The number of rotatable bonds is 5. The van der Waals surface area contributed by atoms with Crippen molar-refractivity contribution < 1.29 is 21.6 Å². The smallest absolute Gasteiger partial charge is 0.328 e. The standard InChI is InChI=1S/C13H18F3NO2S/c1-9(17)6-7-10(2)20(18,19)12-5-3-4-11(8-12)13(14,15)16/h3-5,8-10H,6-7,17H2,1-2H3. The van der Waals surface area contributed by atoms with Crippen molar-refractivity contribution in [1.29, 1.82) is 0 Å². The average Bonchev–Trinajstić information content (AvgIpc) is 2.34. The summed E-state index contributed by atoms with van der Waals surface area (Å²) in [6, 6.07) is 3.68. The van der Waals surface area contributed by atoms with E-state index in [1.54, 1.807) is 6.92 Å². The van der Waals surface area contributed by atoms with Crippen molar-refractivity contribution >= 4 is 9.84 Å². The number of hydrogen-bond donors (Lipinski definition) is 1. The van der Waals surface area contributed by atoms with Gasteiger partial charge < -0.3 is 5.73 Å². The molecule has 0 amide bonds. The highest BCUT2D eigenvalue weighted by atomic mass is 32.2. The SMILES string of the molecule is CC(N)CCC(C)S(=O)(=O)c1cccc(C(F)(F)F)c1. The topological polar surface area (TPSA) is 60.2 Å². The maximum absolute atomic E-state index is 12.6. The highest BCUT2D eigenvalue weighted by Crippen LogP contribution is 2.31. The van der Waals surface area contributed by atoms with Gasteiger partial charge in [-0.3, -0.25) is 0 Å². The van der Waals surface area contributed by atoms with Gasteiger partial charge in [-0.1, -0.05) is 6.07 Å². The summed E-state index contributed by atoms with van der Waals surface area (Å²) in [5.74, 6) is 0. The van der Waals surface area contributed by atoms with Crippen molar-refractivity contribution in [1.82, 2.24) is 0 Å². The minimum absolute atomic E-state index is 0.144. The van der Waals surface area contributed by atoms with Crippen molar-refractivity contribution in [3.63, 3.8) is 0 Å². The Labute approximate surface area is 116 Å². The minimum Gasteiger partial charge on any atom is -0.328 e. The van der Waals surface area contributed by atoms with Crippen LogP contribution in [0.2, 0.25) is 0 Å². The van der Waals surface area contributed by atoms with Gasteiger partial charge in [0.05, 0.1) is 15.7 Å². The molecule has 2 atom stereocenters. The Morgan fingerprint density at radius 3 is 2.30 bits per heavy atom. The van der Waals surface area contributed by atoms with Gasteiger partial charge in [0.1, 0.15) is 0 Å². The third kappa shape index (κ3) is 4.21. The molecule has 0 saturated carbocycles. The van der Waals surface area contributed by atoms with E-state index in [2.05, 4.69) is 0 Å². The van der Waals surface area contributed by atoms with Crippen LogP contribution in [-0.2, 0) is 16.0 Å². The van der Waals surface area contributed by atoms with Crippen LogP contribution in [0.4, 0.5) is 13.2 Å². The maximum atomic E-state index is 12.6. The molecule has 0 aliphatic carbocycles. The molecule has 7 heteroatoms. The predicted octanol–water partition coefficient (Wildman–Crippen LogP) is 3.00. The molecule has 20 heavy (non-hydrogen) atoms. The van der Waals surface area contributed by atoms with Crippen LogP contribution >= 0.6 is 0 Å². The van der Waals surface area contributed by atoms with Crippen LogP contribution in [0.25, 0.3) is 0 Å². The highest BCUT2D eigenvalue weighted by Gasteiger charge is 2.32. The molecule has 1 aromatic rings. The molecule has 0 bridgehead atoms. The lowest BCUT2D eigenvalue weighted by Crippen LogP contribution is -2.23. The third-order valence-corrected chi connectivity index (χ3v) is 5.25. The van der Waals surface area contributed by atoms with Gasteiger partial charge in [0.2, 0.25) is 0 Å². The van der Waals surface area contributed by atoms with Crippen LogP contribution in [0.5, 0.6) is 0 Å². The largest absolute Gasteiger partial charge is 0.416 e. The monoisotopic (exact) mass is 309 g/mol. The minimum atomic E-state index is -4.56. The van der Waals surface area contributed by atoms with Gasteiger partial charge in [-0.05, 0) is 44.9 Å². The molecule has 0 heterocycles. The van der Waals surface area contributed by atoms with E-state index < -0.39 is 26.8 Å². The molecule has 0 aromatic heterocycles. The van der Waals surface area contributed by atoms with Gasteiger partial charge in [0.15, 0.2) is 9.84 Å². The van der Waals surface area contributed by atoms with Crippen molar-refractivity contribution in [2.24, 2.45) is 5.73 Å². The van der Waals surface area contributed by atoms with E-state index in [9.17, 15) is 21.6 Å². The van der Waals surface area contributed by atoms with Crippen LogP contribution in [0.1, 0.15) is 32.3 Å². The number of alkyl halides is 3. The van der Waals surface area contributed by atoms with E-state index in [0.717, 1.165) is 12.1 Å². The van der Waals surface area contributed by atoms with E-state index in [-0.39, 0.29) is 10.9 Å². The third-order valence-electron chi connectivity index (χ3n) is 3.05. The number of sulfone groups is 1. The fourth-order valence-corrected chi connectivity index (χ4v) is 3.20. The molecule has 0 aliphatic heterocycles. The molecule has 0 radical (unpaired) electrons. The summed E-state index contributed by atoms with van der Waals surface area (Å²) in [5.41, 5.74) is 4.60. The van der Waals surface area contributed by atoms with Crippen molar-refractivity contribution in [3.05, 3.63) is 29.8 Å². The van der Waals surface area contributed by atoms with Gasteiger partial charge in [0, 0.05) is 6.04 Å². The van der Waals surface area contributed by atoms with Gasteiger partial charge in [-0.2, -0.15) is 13.2 Å². The Hall–Kier alpha value is -1.08. The fourth-order valence-electron chi connectivity index (χ4n) is 1.73. The quantitative estimate of drug-likeness (QED) is 0.909. The van der Waals surface area contributed by atoms with Gasteiger partial charge in [-0.25, -0.2) is 8.42 Å². The fraction of sp³-hybridized carbons (Fsp3) is 0.538. The van der Waals surface area contributed by atoms with Gasteiger partial charge >= 0.3 is 6.18 Å². The lowest BCUT2D eigenvalue weighted by Gasteiger charge is -2.15. The van der Waals surface area contributed by atoms with E-state index >= 15 is 0 Å². The number of halogens is 3. The molecule has 1 aromatic carbocycles. The normalized spacial score (nSPS) is 15.9. The summed E-state index contributed by atoms with van der Waals surface area (Å²) in [4.78, 5) is -0.301.